The van der Waals surface area contributed by atoms with E-state index in [-0.39, 0.29) is 18.1 Å². The second kappa shape index (κ2) is 9.99. The summed E-state index contributed by atoms with van der Waals surface area (Å²) in [5.74, 6) is 0.0910. The molecule has 37 heavy (non-hydrogen) atoms. The number of carbonyl (C=O) groups excluding carboxylic acids is 1. The third-order valence-corrected chi connectivity index (χ3v) is 6.02. The molecule has 0 bridgehead atoms. The number of nitrogens with one attached hydrogen (secondary N) is 2. The van der Waals surface area contributed by atoms with Crippen LogP contribution in [0.15, 0.2) is 70.9 Å². The number of amides is 1. The van der Waals surface area contributed by atoms with Crippen molar-refractivity contribution in [3.05, 3.63) is 71.8 Å². The highest BCUT2D eigenvalue weighted by Crippen LogP contribution is 2.36. The van der Waals surface area contributed by atoms with Gasteiger partial charge in [0.05, 0.1) is 18.0 Å². The zero-order chi connectivity index (χ0) is 25.9. The van der Waals surface area contributed by atoms with Crippen molar-refractivity contribution in [2.24, 2.45) is 10.2 Å². The molecular weight excluding hydrogens is 472 g/mol. The smallest absolute Gasteiger partial charge is 0.301 e. The number of hydrogen-bond acceptors (Lipinski definition) is 9. The summed E-state index contributed by atoms with van der Waals surface area (Å²) in [6.45, 7) is 4.08. The molecule has 1 amide bonds. The maximum absolute atomic E-state index is 13.2. The first-order valence-electron chi connectivity index (χ1n) is 11.4. The standard InChI is InChI=1S/C26H24N8O3/c1-15-10-11-19(12-16(15)2)34-26(36)23(22(31-34)14-37-3)28-27-21-9-5-8-20(24(21)35)17-6-4-7-18(13-17)25-29-32-33-30-25/h4-13,27,35H,14H2,1-3H3,(H,29,30,32,33)/b28-23-. The molecule has 11 heteroatoms. The van der Waals surface area contributed by atoms with Crippen molar-refractivity contribution in [3.63, 3.8) is 0 Å². The Morgan fingerprint density at radius 3 is 2.62 bits per heavy atom. The van der Waals surface area contributed by atoms with E-state index in [1.54, 1.807) is 18.2 Å². The number of benzene rings is 3. The van der Waals surface area contributed by atoms with Crippen LogP contribution in [-0.4, -0.2) is 56.8 Å². The Balaban J connectivity index is 1.44. The summed E-state index contributed by atoms with van der Waals surface area (Å²) in [5.41, 5.74) is 8.52. The number of phenols is 1. The van der Waals surface area contributed by atoms with Crippen LogP contribution in [-0.2, 0) is 9.53 Å². The Hall–Kier alpha value is -4.90. The van der Waals surface area contributed by atoms with Crippen molar-refractivity contribution < 1.29 is 14.6 Å². The number of aromatic nitrogens is 4. The number of hydrazone groups is 2. The van der Waals surface area contributed by atoms with E-state index >= 15 is 0 Å². The van der Waals surface area contributed by atoms with E-state index in [0.717, 1.165) is 22.3 Å². The fourth-order valence-corrected chi connectivity index (χ4v) is 3.91. The van der Waals surface area contributed by atoms with Gasteiger partial charge in [-0.15, -0.1) is 5.10 Å². The highest BCUT2D eigenvalue weighted by molar-refractivity contribution is 6.72. The maximum Gasteiger partial charge on any atom is 0.301 e. The van der Waals surface area contributed by atoms with Gasteiger partial charge in [-0.05, 0) is 65.2 Å². The van der Waals surface area contributed by atoms with E-state index in [2.05, 4.69) is 36.3 Å². The molecule has 2 heterocycles. The molecule has 1 aliphatic heterocycles. The topological polar surface area (TPSA) is 141 Å². The van der Waals surface area contributed by atoms with Gasteiger partial charge in [0.2, 0.25) is 0 Å². The van der Waals surface area contributed by atoms with Crippen molar-refractivity contribution in [3.8, 4) is 28.3 Å². The van der Waals surface area contributed by atoms with Crippen LogP contribution >= 0.6 is 0 Å². The summed E-state index contributed by atoms with van der Waals surface area (Å²) in [4.78, 5) is 13.2. The molecule has 0 saturated heterocycles. The number of anilines is 2. The lowest BCUT2D eigenvalue weighted by Gasteiger charge is -2.13. The van der Waals surface area contributed by atoms with Crippen molar-refractivity contribution >= 4 is 28.7 Å². The fraction of sp³-hybridized carbons (Fsp3) is 0.154. The number of H-pyrrole nitrogens is 1. The molecule has 0 unspecified atom stereocenters. The van der Waals surface area contributed by atoms with Gasteiger partial charge in [-0.2, -0.15) is 15.2 Å². The van der Waals surface area contributed by atoms with Gasteiger partial charge in [0, 0.05) is 18.2 Å². The average molecular weight is 497 g/mol. The summed E-state index contributed by atoms with van der Waals surface area (Å²) in [6.07, 6.45) is 0. The summed E-state index contributed by atoms with van der Waals surface area (Å²) in [5, 5.41) is 35.0. The number of phenolic OH excluding ortho intramolecular Hbond substituents is 1. The molecule has 1 aliphatic rings. The molecule has 0 atom stereocenters. The molecule has 5 rings (SSSR count). The van der Waals surface area contributed by atoms with Crippen LogP contribution in [0.2, 0.25) is 0 Å². The minimum Gasteiger partial charge on any atom is -0.505 e. The van der Waals surface area contributed by atoms with Crippen LogP contribution < -0.4 is 10.4 Å². The van der Waals surface area contributed by atoms with Crippen LogP contribution in [0.1, 0.15) is 11.1 Å². The van der Waals surface area contributed by atoms with Crippen molar-refractivity contribution in [1.29, 1.82) is 0 Å². The van der Waals surface area contributed by atoms with E-state index in [1.165, 1.54) is 12.1 Å². The molecule has 0 spiro atoms. The number of para-hydroxylation sites is 1. The number of carbonyl (C=O) groups is 1. The first-order chi connectivity index (χ1) is 18.0. The second-order valence-corrected chi connectivity index (χ2v) is 8.47. The summed E-state index contributed by atoms with van der Waals surface area (Å²) < 4.78 is 5.24. The Kier molecular flexibility index (Phi) is 6.43. The van der Waals surface area contributed by atoms with Gasteiger partial charge in [0.1, 0.15) is 11.5 Å². The van der Waals surface area contributed by atoms with Gasteiger partial charge in [-0.25, -0.2) is 5.10 Å². The highest BCUT2D eigenvalue weighted by atomic mass is 16.5. The fourth-order valence-electron chi connectivity index (χ4n) is 3.91. The Bertz CT molecular complexity index is 1530. The second-order valence-electron chi connectivity index (χ2n) is 8.47. The lowest BCUT2D eigenvalue weighted by atomic mass is 10.0. The monoisotopic (exact) mass is 496 g/mol. The Morgan fingerprint density at radius 2 is 1.86 bits per heavy atom. The Morgan fingerprint density at radius 1 is 1.05 bits per heavy atom. The van der Waals surface area contributed by atoms with Crippen LogP contribution in [0.3, 0.4) is 0 Å². The molecule has 3 N–H and O–H groups in total. The third-order valence-electron chi connectivity index (χ3n) is 6.02. The number of aromatic amines is 1. The number of ether oxygens (including phenoxy) is 1. The molecular formula is C26H24N8O3. The largest absolute Gasteiger partial charge is 0.505 e. The average Bonchev–Trinajstić information content (AvgIpc) is 3.54. The van der Waals surface area contributed by atoms with Crippen LogP contribution in [0.4, 0.5) is 11.4 Å². The van der Waals surface area contributed by atoms with Crippen LogP contribution in [0.25, 0.3) is 22.5 Å². The van der Waals surface area contributed by atoms with Gasteiger partial charge in [0.15, 0.2) is 11.5 Å². The number of hydrogen-bond donors (Lipinski definition) is 3. The minimum atomic E-state index is -0.396. The van der Waals surface area contributed by atoms with E-state index in [0.29, 0.717) is 28.5 Å². The molecule has 1 aromatic heterocycles. The number of methoxy groups -OCH3 is 1. The van der Waals surface area contributed by atoms with Gasteiger partial charge >= 0.3 is 5.91 Å². The zero-order valence-corrected chi connectivity index (χ0v) is 20.4. The summed E-state index contributed by atoms with van der Waals surface area (Å²) in [6, 6.07) is 18.3. The molecule has 0 aliphatic carbocycles. The first kappa shape index (κ1) is 23.8. The highest BCUT2D eigenvalue weighted by Gasteiger charge is 2.33. The lowest BCUT2D eigenvalue weighted by molar-refractivity contribution is -0.112. The third kappa shape index (κ3) is 4.67. The van der Waals surface area contributed by atoms with Crippen molar-refractivity contribution in [2.75, 3.05) is 24.2 Å². The van der Waals surface area contributed by atoms with Gasteiger partial charge in [-0.3, -0.25) is 10.2 Å². The Labute approximate surface area is 212 Å². The van der Waals surface area contributed by atoms with Crippen molar-refractivity contribution in [2.45, 2.75) is 13.8 Å². The number of aromatic hydroxyl groups is 1. The summed E-state index contributed by atoms with van der Waals surface area (Å²) >= 11 is 0. The van der Waals surface area contributed by atoms with E-state index in [9.17, 15) is 9.90 Å². The zero-order valence-electron chi connectivity index (χ0n) is 20.4. The molecule has 186 valence electrons. The molecule has 4 aromatic rings. The molecule has 0 radical (unpaired) electrons. The van der Waals surface area contributed by atoms with E-state index in [1.807, 2.05) is 56.3 Å². The SMILES string of the molecule is COCC1=NN(c2ccc(C)c(C)c2)C(=O)/C1=N\Nc1cccc(-c2cccc(-c3nnn[nH]3)c2)c1O. The number of aryl methyl sites for hydroxylation is 2. The predicted octanol–water partition coefficient (Wildman–Crippen LogP) is 3.67. The predicted molar refractivity (Wildman–Crippen MR) is 140 cm³/mol. The molecule has 11 nitrogen and oxygen atoms in total. The molecule has 3 aromatic carbocycles. The molecule has 0 fully saturated rings. The number of rotatable bonds is 7. The maximum atomic E-state index is 13.2. The van der Waals surface area contributed by atoms with Crippen molar-refractivity contribution in [1.82, 2.24) is 20.6 Å². The minimum absolute atomic E-state index is 0.0265. The number of nitrogens with zero attached hydrogens (tertiary/aromatic N) is 6. The molecule has 0 saturated carbocycles. The van der Waals surface area contributed by atoms with Crippen LogP contribution in [0, 0.1) is 13.8 Å². The van der Waals surface area contributed by atoms with Gasteiger partial charge < -0.3 is 9.84 Å². The van der Waals surface area contributed by atoms with E-state index < -0.39 is 5.91 Å². The first-order valence-corrected chi connectivity index (χ1v) is 11.4. The van der Waals surface area contributed by atoms with Crippen LogP contribution in [0.5, 0.6) is 5.75 Å². The van der Waals surface area contributed by atoms with Gasteiger partial charge in [-0.1, -0.05) is 36.4 Å². The quantitative estimate of drug-likeness (QED) is 0.262. The number of tetrazole rings is 1. The van der Waals surface area contributed by atoms with Gasteiger partial charge in [0.25, 0.3) is 0 Å². The van der Waals surface area contributed by atoms with E-state index in [4.69, 9.17) is 4.74 Å². The summed E-state index contributed by atoms with van der Waals surface area (Å²) in [7, 11) is 1.52. The normalized spacial score (nSPS) is 14.4. The lowest BCUT2D eigenvalue weighted by Crippen LogP contribution is -2.29.